The Kier molecular flexibility index (Phi) is 6.94. The minimum absolute atomic E-state index is 0. The van der Waals surface area contributed by atoms with E-state index >= 15 is 0 Å². The Hall–Kier alpha value is 0.0300. The van der Waals surface area contributed by atoms with Gasteiger partial charge in [0.1, 0.15) is 0 Å². The van der Waals surface area contributed by atoms with E-state index in [1.807, 2.05) is 4.90 Å². The molecule has 0 spiro atoms. The second kappa shape index (κ2) is 7.72. The molecule has 2 aliphatic rings. The van der Waals surface area contributed by atoms with Gasteiger partial charge < -0.3 is 14.8 Å². The van der Waals surface area contributed by atoms with Gasteiger partial charge in [0, 0.05) is 25.3 Å². The number of aliphatic carboxylic acids is 1. The molecule has 0 aromatic carbocycles. The zero-order valence-corrected chi connectivity index (χ0v) is 14.4. The molecule has 1 heterocycles. The standard InChI is InChI=1S/C13H19NO3S.Na/c1-9(15)14-7-5-10(6-8-14)18-12-4-2-3-11(12)13(16)17;/h10H,2-8H2,1H3,(H,16,17);/q;+1/p-1. The van der Waals surface area contributed by atoms with Crippen LogP contribution in [0.3, 0.4) is 0 Å². The molecule has 1 aliphatic heterocycles. The Morgan fingerprint density at radius 3 is 2.42 bits per heavy atom. The molecule has 0 aromatic heterocycles. The van der Waals surface area contributed by atoms with E-state index in [1.165, 1.54) is 0 Å². The van der Waals surface area contributed by atoms with E-state index < -0.39 is 5.97 Å². The largest absolute Gasteiger partial charge is 1.00 e. The zero-order valence-electron chi connectivity index (χ0n) is 11.6. The van der Waals surface area contributed by atoms with Gasteiger partial charge in [0.2, 0.25) is 5.91 Å². The molecule has 1 amide bonds. The summed E-state index contributed by atoms with van der Waals surface area (Å²) in [5, 5.41) is 11.4. The molecule has 1 saturated heterocycles. The van der Waals surface area contributed by atoms with Gasteiger partial charge in [0.05, 0.1) is 5.97 Å². The van der Waals surface area contributed by atoms with Gasteiger partial charge >= 0.3 is 29.6 Å². The maximum absolute atomic E-state index is 11.2. The fourth-order valence-electron chi connectivity index (χ4n) is 2.55. The van der Waals surface area contributed by atoms with Crippen LogP contribution in [0.15, 0.2) is 10.5 Å². The van der Waals surface area contributed by atoms with Gasteiger partial charge in [-0.3, -0.25) is 4.79 Å². The Balaban J connectivity index is 0.00000180. The van der Waals surface area contributed by atoms with Crippen LogP contribution in [0.4, 0.5) is 0 Å². The summed E-state index contributed by atoms with van der Waals surface area (Å²) in [6.07, 6.45) is 4.36. The number of carbonyl (C=O) groups excluding carboxylic acids is 2. The molecule has 2 rings (SSSR count). The average molecular weight is 291 g/mol. The van der Waals surface area contributed by atoms with Crippen LogP contribution in [0.5, 0.6) is 0 Å². The summed E-state index contributed by atoms with van der Waals surface area (Å²) in [7, 11) is 0. The van der Waals surface area contributed by atoms with Crippen LogP contribution in [0.25, 0.3) is 0 Å². The van der Waals surface area contributed by atoms with Gasteiger partial charge in [-0.05, 0) is 42.6 Å². The summed E-state index contributed by atoms with van der Waals surface area (Å²) in [5.74, 6) is -0.870. The van der Waals surface area contributed by atoms with Crippen molar-refractivity contribution in [2.24, 2.45) is 0 Å². The van der Waals surface area contributed by atoms with E-state index in [0.717, 1.165) is 43.7 Å². The van der Waals surface area contributed by atoms with E-state index in [0.29, 0.717) is 17.2 Å². The molecular weight excluding hydrogens is 273 g/mol. The summed E-state index contributed by atoms with van der Waals surface area (Å²) in [5.41, 5.74) is 0.508. The molecule has 0 atom stereocenters. The number of thioether (sulfide) groups is 1. The second-order valence-electron chi connectivity index (χ2n) is 4.87. The first-order chi connectivity index (χ1) is 8.58. The van der Waals surface area contributed by atoms with E-state index in [9.17, 15) is 14.7 Å². The summed E-state index contributed by atoms with van der Waals surface area (Å²) >= 11 is 1.70. The monoisotopic (exact) mass is 291 g/mol. The normalized spacial score (nSPS) is 20.4. The van der Waals surface area contributed by atoms with Crippen molar-refractivity contribution in [3.8, 4) is 0 Å². The number of carboxylic acids is 1. The molecule has 19 heavy (non-hydrogen) atoms. The van der Waals surface area contributed by atoms with Crippen LogP contribution in [-0.2, 0) is 9.59 Å². The number of hydrogen-bond donors (Lipinski definition) is 0. The maximum Gasteiger partial charge on any atom is 1.00 e. The van der Waals surface area contributed by atoms with Crippen molar-refractivity contribution >= 4 is 23.6 Å². The second-order valence-corrected chi connectivity index (χ2v) is 6.26. The molecule has 1 aliphatic carbocycles. The van der Waals surface area contributed by atoms with Crippen LogP contribution in [0.1, 0.15) is 39.0 Å². The maximum atomic E-state index is 11.2. The van der Waals surface area contributed by atoms with Crippen LogP contribution >= 0.6 is 11.8 Å². The summed E-state index contributed by atoms with van der Waals surface area (Å²) in [6, 6.07) is 0. The third-order valence-electron chi connectivity index (χ3n) is 3.61. The number of nitrogens with zero attached hydrogens (tertiary/aromatic N) is 1. The Morgan fingerprint density at radius 2 is 1.89 bits per heavy atom. The Morgan fingerprint density at radius 1 is 1.26 bits per heavy atom. The summed E-state index contributed by atoms with van der Waals surface area (Å²) in [4.78, 5) is 25.0. The number of piperidine rings is 1. The van der Waals surface area contributed by atoms with Crippen molar-refractivity contribution in [1.29, 1.82) is 0 Å². The van der Waals surface area contributed by atoms with Crippen molar-refractivity contribution in [2.45, 2.75) is 44.3 Å². The SMILES string of the molecule is CC(=O)N1CCC(SC2=C(C(=O)[O-])CCC2)CC1.[Na+]. The van der Waals surface area contributed by atoms with Crippen LogP contribution in [-0.4, -0.2) is 35.1 Å². The number of amides is 1. The van der Waals surface area contributed by atoms with Gasteiger partial charge in [-0.1, -0.05) is 0 Å². The van der Waals surface area contributed by atoms with Crippen molar-refractivity contribution in [2.75, 3.05) is 13.1 Å². The van der Waals surface area contributed by atoms with Crippen LogP contribution < -0.4 is 34.7 Å². The quantitative estimate of drug-likeness (QED) is 0.560. The molecule has 0 saturated carbocycles. The first-order valence-electron chi connectivity index (χ1n) is 6.43. The summed E-state index contributed by atoms with van der Waals surface area (Å²) in [6.45, 7) is 3.18. The van der Waals surface area contributed by atoms with Gasteiger partial charge in [0.25, 0.3) is 0 Å². The summed E-state index contributed by atoms with van der Waals surface area (Å²) < 4.78 is 0. The Bertz CT molecular complexity index is 389. The van der Waals surface area contributed by atoms with Gasteiger partial charge in [-0.2, -0.15) is 0 Å². The van der Waals surface area contributed by atoms with Crippen molar-refractivity contribution in [3.63, 3.8) is 0 Å². The van der Waals surface area contributed by atoms with E-state index in [1.54, 1.807) is 18.7 Å². The molecule has 0 aromatic rings. The molecule has 1 fully saturated rings. The molecule has 6 heteroatoms. The van der Waals surface area contributed by atoms with E-state index in [2.05, 4.69) is 0 Å². The predicted octanol–water partition coefficient (Wildman–Crippen LogP) is -2.08. The number of likely N-dealkylation sites (tertiary alicyclic amines) is 1. The van der Waals surface area contributed by atoms with Crippen LogP contribution in [0.2, 0.25) is 0 Å². The number of allylic oxidation sites excluding steroid dienone is 1. The molecule has 0 radical (unpaired) electrons. The third kappa shape index (κ3) is 4.52. The van der Waals surface area contributed by atoms with E-state index in [4.69, 9.17) is 0 Å². The fraction of sp³-hybridized carbons (Fsp3) is 0.692. The Labute approximate surface area is 140 Å². The first-order valence-corrected chi connectivity index (χ1v) is 7.31. The third-order valence-corrected chi connectivity index (χ3v) is 5.15. The minimum Gasteiger partial charge on any atom is -0.545 e. The van der Waals surface area contributed by atoms with Gasteiger partial charge in [-0.15, -0.1) is 11.8 Å². The predicted molar refractivity (Wildman–Crippen MR) is 68.8 cm³/mol. The molecular formula is C13H18NNaO3S. The zero-order chi connectivity index (χ0) is 13.1. The average Bonchev–Trinajstić information content (AvgIpc) is 2.78. The topological polar surface area (TPSA) is 60.4 Å². The van der Waals surface area contributed by atoms with Crippen molar-refractivity contribution in [1.82, 2.24) is 4.90 Å². The number of carboxylic acid groups (broad SMARTS) is 1. The van der Waals surface area contributed by atoms with Gasteiger partial charge in [-0.25, -0.2) is 0 Å². The van der Waals surface area contributed by atoms with Crippen molar-refractivity contribution in [3.05, 3.63) is 10.5 Å². The molecule has 0 bridgehead atoms. The molecule has 0 N–H and O–H groups in total. The molecule has 100 valence electrons. The smallest absolute Gasteiger partial charge is 0.545 e. The fourth-order valence-corrected chi connectivity index (χ4v) is 3.99. The number of carbonyl (C=O) groups is 2. The molecule has 4 nitrogen and oxygen atoms in total. The van der Waals surface area contributed by atoms with E-state index in [-0.39, 0.29) is 35.5 Å². The number of rotatable bonds is 3. The van der Waals surface area contributed by atoms with Crippen molar-refractivity contribution < 1.29 is 44.3 Å². The number of hydrogen-bond acceptors (Lipinski definition) is 4. The molecule has 0 unspecified atom stereocenters. The van der Waals surface area contributed by atoms with Gasteiger partial charge in [0.15, 0.2) is 0 Å². The minimum atomic E-state index is -1.00. The first kappa shape index (κ1) is 17.1. The van der Waals surface area contributed by atoms with Crippen LogP contribution in [0, 0.1) is 0 Å².